The molecule has 0 aliphatic carbocycles. The molecule has 72 valence electrons. The van der Waals surface area contributed by atoms with Gasteiger partial charge < -0.3 is 5.73 Å². The third kappa shape index (κ3) is 1.34. The van der Waals surface area contributed by atoms with Gasteiger partial charge in [-0.05, 0) is 28.1 Å². The van der Waals surface area contributed by atoms with Gasteiger partial charge in [-0.3, -0.25) is 9.36 Å². The summed E-state index contributed by atoms with van der Waals surface area (Å²) in [6.45, 7) is 0.142. The first kappa shape index (κ1) is 9.36. The third-order valence-electron chi connectivity index (χ3n) is 2.00. The molecule has 0 bridgehead atoms. The summed E-state index contributed by atoms with van der Waals surface area (Å²) in [5.74, 6) is 0. The number of fused-ring (bicyclic) bond motifs is 1. The minimum absolute atomic E-state index is 0.120. The molecule has 0 spiro atoms. The molecule has 0 radical (unpaired) electrons. The lowest BCUT2D eigenvalue weighted by Crippen LogP contribution is -2.24. The average molecular weight is 254 g/mol. The highest BCUT2D eigenvalue weighted by Gasteiger charge is 2.05. The summed E-state index contributed by atoms with van der Waals surface area (Å²) in [7, 11) is 0. The lowest BCUT2D eigenvalue weighted by Gasteiger charge is -2.03. The van der Waals surface area contributed by atoms with Gasteiger partial charge in [-0.1, -0.05) is 6.07 Å². The predicted molar refractivity (Wildman–Crippen MR) is 57.9 cm³/mol. The van der Waals surface area contributed by atoms with Crippen LogP contribution in [0, 0.1) is 0 Å². The van der Waals surface area contributed by atoms with Gasteiger partial charge in [-0.2, -0.15) is 0 Å². The Morgan fingerprint density at radius 2 is 2.29 bits per heavy atom. The number of halogens is 1. The van der Waals surface area contributed by atoms with Crippen molar-refractivity contribution in [2.45, 2.75) is 6.67 Å². The predicted octanol–water partition coefficient (Wildman–Crippen LogP) is 1.08. The Morgan fingerprint density at radius 3 is 3.00 bits per heavy atom. The molecule has 4 nitrogen and oxygen atoms in total. The number of nitrogens with zero attached hydrogens (tertiary/aromatic N) is 2. The first-order valence-corrected chi connectivity index (χ1v) is 4.87. The van der Waals surface area contributed by atoms with Crippen LogP contribution in [0.4, 0.5) is 0 Å². The zero-order valence-corrected chi connectivity index (χ0v) is 8.86. The quantitative estimate of drug-likeness (QED) is 0.828. The van der Waals surface area contributed by atoms with Crippen LogP contribution in [0.25, 0.3) is 10.9 Å². The summed E-state index contributed by atoms with van der Waals surface area (Å²) in [4.78, 5) is 15.9. The van der Waals surface area contributed by atoms with Crippen molar-refractivity contribution in [1.29, 1.82) is 0 Å². The topological polar surface area (TPSA) is 60.9 Å². The van der Waals surface area contributed by atoms with Crippen molar-refractivity contribution in [3.05, 3.63) is 39.4 Å². The molecular formula is C9H8BrN3O. The second-order valence-corrected chi connectivity index (χ2v) is 3.69. The fraction of sp³-hybridized carbons (Fsp3) is 0.111. The van der Waals surface area contributed by atoms with Gasteiger partial charge in [-0.15, -0.1) is 0 Å². The summed E-state index contributed by atoms with van der Waals surface area (Å²) < 4.78 is 2.11. The van der Waals surface area contributed by atoms with Crippen molar-refractivity contribution < 1.29 is 0 Å². The summed E-state index contributed by atoms with van der Waals surface area (Å²) in [6.07, 6.45) is 1.46. The Labute approximate surface area is 88.5 Å². The minimum Gasteiger partial charge on any atom is -0.313 e. The van der Waals surface area contributed by atoms with Crippen molar-refractivity contribution in [2.24, 2.45) is 5.73 Å². The Morgan fingerprint density at radius 1 is 1.50 bits per heavy atom. The lowest BCUT2D eigenvalue weighted by atomic mass is 10.2. The van der Waals surface area contributed by atoms with Crippen molar-refractivity contribution in [1.82, 2.24) is 9.55 Å². The van der Waals surface area contributed by atoms with E-state index in [1.54, 1.807) is 6.07 Å². The summed E-state index contributed by atoms with van der Waals surface area (Å²) in [5, 5.41) is 0.570. The van der Waals surface area contributed by atoms with Crippen LogP contribution in [0.2, 0.25) is 0 Å². The standard InChI is InChI=1S/C9H8BrN3O/c10-6-2-1-3-7-8(6)9(14)13(4-11)5-12-7/h1-3,5H,4,11H2. The van der Waals surface area contributed by atoms with Crippen LogP contribution < -0.4 is 11.3 Å². The highest BCUT2D eigenvalue weighted by molar-refractivity contribution is 9.10. The molecule has 5 heteroatoms. The van der Waals surface area contributed by atoms with Crippen LogP contribution in [0.5, 0.6) is 0 Å². The number of rotatable bonds is 1. The molecular weight excluding hydrogens is 246 g/mol. The number of hydrogen-bond acceptors (Lipinski definition) is 3. The number of benzene rings is 1. The first-order chi connectivity index (χ1) is 6.74. The van der Waals surface area contributed by atoms with E-state index in [0.717, 1.165) is 4.47 Å². The van der Waals surface area contributed by atoms with Crippen LogP contribution in [0.3, 0.4) is 0 Å². The van der Waals surface area contributed by atoms with E-state index >= 15 is 0 Å². The summed E-state index contributed by atoms with van der Waals surface area (Å²) in [5.41, 5.74) is 5.95. The zero-order valence-electron chi connectivity index (χ0n) is 7.27. The van der Waals surface area contributed by atoms with Gasteiger partial charge in [0.15, 0.2) is 0 Å². The zero-order chi connectivity index (χ0) is 10.1. The summed E-state index contributed by atoms with van der Waals surface area (Å²) >= 11 is 3.32. The largest absolute Gasteiger partial charge is 0.313 e. The van der Waals surface area contributed by atoms with Gasteiger partial charge in [0.05, 0.1) is 23.9 Å². The van der Waals surface area contributed by atoms with Crippen LogP contribution >= 0.6 is 15.9 Å². The van der Waals surface area contributed by atoms with E-state index in [9.17, 15) is 4.79 Å². The minimum atomic E-state index is -0.120. The molecule has 0 saturated carbocycles. The fourth-order valence-corrected chi connectivity index (χ4v) is 1.82. The van der Waals surface area contributed by atoms with E-state index in [-0.39, 0.29) is 12.2 Å². The van der Waals surface area contributed by atoms with Gasteiger partial charge in [0.2, 0.25) is 0 Å². The number of nitrogens with two attached hydrogens (primary N) is 1. The Hall–Kier alpha value is -1.20. The van der Waals surface area contributed by atoms with Crippen LogP contribution in [0.15, 0.2) is 33.8 Å². The molecule has 0 atom stereocenters. The molecule has 0 unspecified atom stereocenters. The molecule has 0 fully saturated rings. The normalized spacial score (nSPS) is 10.7. The van der Waals surface area contributed by atoms with Gasteiger partial charge in [0.1, 0.15) is 0 Å². The number of aromatic nitrogens is 2. The molecule has 0 saturated heterocycles. The molecule has 1 aromatic heterocycles. The maximum atomic E-state index is 11.8. The van der Waals surface area contributed by atoms with Gasteiger partial charge >= 0.3 is 0 Å². The van der Waals surface area contributed by atoms with Gasteiger partial charge in [0.25, 0.3) is 5.56 Å². The molecule has 0 aliphatic heterocycles. The molecule has 1 heterocycles. The Bertz CT molecular complexity index is 535. The third-order valence-corrected chi connectivity index (χ3v) is 2.66. The smallest absolute Gasteiger partial charge is 0.263 e. The van der Waals surface area contributed by atoms with E-state index in [2.05, 4.69) is 20.9 Å². The van der Waals surface area contributed by atoms with Crippen LogP contribution in [0.1, 0.15) is 0 Å². The van der Waals surface area contributed by atoms with Crippen molar-refractivity contribution >= 4 is 26.8 Å². The van der Waals surface area contributed by atoms with E-state index in [0.29, 0.717) is 10.9 Å². The molecule has 14 heavy (non-hydrogen) atoms. The lowest BCUT2D eigenvalue weighted by molar-refractivity contribution is 0.692. The molecule has 2 rings (SSSR count). The highest BCUT2D eigenvalue weighted by atomic mass is 79.9. The molecule has 2 N–H and O–H groups in total. The van der Waals surface area contributed by atoms with Crippen molar-refractivity contribution in [3.63, 3.8) is 0 Å². The number of hydrogen-bond donors (Lipinski definition) is 1. The maximum absolute atomic E-state index is 11.8. The Kier molecular flexibility index (Phi) is 2.35. The average Bonchev–Trinajstić information content (AvgIpc) is 2.18. The maximum Gasteiger partial charge on any atom is 0.263 e. The van der Waals surface area contributed by atoms with Crippen molar-refractivity contribution in [2.75, 3.05) is 0 Å². The van der Waals surface area contributed by atoms with E-state index in [4.69, 9.17) is 5.73 Å². The summed E-state index contributed by atoms with van der Waals surface area (Å²) in [6, 6.07) is 5.44. The molecule has 2 aromatic rings. The van der Waals surface area contributed by atoms with E-state index < -0.39 is 0 Å². The Balaban J connectivity index is 2.94. The SMILES string of the molecule is NCn1cnc2cccc(Br)c2c1=O. The van der Waals surface area contributed by atoms with E-state index in [1.807, 2.05) is 12.1 Å². The second kappa shape index (κ2) is 3.51. The van der Waals surface area contributed by atoms with E-state index in [1.165, 1.54) is 10.9 Å². The van der Waals surface area contributed by atoms with Crippen LogP contribution in [-0.2, 0) is 6.67 Å². The van der Waals surface area contributed by atoms with Gasteiger partial charge in [0, 0.05) is 4.47 Å². The monoisotopic (exact) mass is 253 g/mol. The second-order valence-electron chi connectivity index (χ2n) is 2.84. The molecule has 0 amide bonds. The molecule has 0 aliphatic rings. The molecule has 1 aromatic carbocycles. The highest BCUT2D eigenvalue weighted by Crippen LogP contribution is 2.17. The van der Waals surface area contributed by atoms with Crippen LogP contribution in [-0.4, -0.2) is 9.55 Å². The van der Waals surface area contributed by atoms with Gasteiger partial charge in [-0.25, -0.2) is 4.98 Å². The fourth-order valence-electron chi connectivity index (χ4n) is 1.29. The van der Waals surface area contributed by atoms with Crippen molar-refractivity contribution in [3.8, 4) is 0 Å². The first-order valence-electron chi connectivity index (χ1n) is 4.08.